The molecule has 2 rings (SSSR count). The molecule has 4 nitrogen and oxygen atoms in total. The Labute approximate surface area is 125 Å². The van der Waals surface area contributed by atoms with E-state index < -0.39 is 0 Å². The highest BCUT2D eigenvalue weighted by atomic mass is 32.1. The fraction of sp³-hybridized carbons (Fsp3) is 0.533. The molecule has 0 aromatic heterocycles. The lowest BCUT2D eigenvalue weighted by atomic mass is 9.99. The molecular formula is C15H22N2O2S. The van der Waals surface area contributed by atoms with Crippen LogP contribution in [0.25, 0.3) is 0 Å². The van der Waals surface area contributed by atoms with Crippen molar-refractivity contribution in [2.24, 2.45) is 5.92 Å². The quantitative estimate of drug-likeness (QED) is 0.835. The number of benzene rings is 1. The Bertz CT molecular complexity index is 436. The van der Waals surface area contributed by atoms with Crippen LogP contribution >= 0.6 is 12.2 Å². The van der Waals surface area contributed by atoms with Crippen LogP contribution in [0.2, 0.25) is 0 Å². The van der Waals surface area contributed by atoms with E-state index in [0.29, 0.717) is 12.5 Å². The number of thiocarbonyl (C=S) groups is 1. The molecule has 0 spiro atoms. The van der Waals surface area contributed by atoms with Gasteiger partial charge in [0.05, 0.1) is 6.61 Å². The number of hydrogen-bond acceptors (Lipinski definition) is 3. The average molecular weight is 294 g/mol. The van der Waals surface area contributed by atoms with Crippen molar-refractivity contribution >= 4 is 23.0 Å². The summed E-state index contributed by atoms with van der Waals surface area (Å²) in [6.07, 6.45) is 2.16. The van der Waals surface area contributed by atoms with Gasteiger partial charge in [0, 0.05) is 25.4 Å². The summed E-state index contributed by atoms with van der Waals surface area (Å²) in [4.78, 5) is 2.14. The molecule has 1 fully saturated rings. The molecule has 2 N–H and O–H groups in total. The molecule has 1 saturated heterocycles. The van der Waals surface area contributed by atoms with Gasteiger partial charge in [-0.15, -0.1) is 0 Å². The van der Waals surface area contributed by atoms with Gasteiger partial charge in [-0.25, -0.2) is 0 Å². The smallest absolute Gasteiger partial charge is 0.173 e. The van der Waals surface area contributed by atoms with Crippen LogP contribution in [0.15, 0.2) is 24.3 Å². The summed E-state index contributed by atoms with van der Waals surface area (Å²) >= 11 is 5.44. The van der Waals surface area contributed by atoms with Crippen molar-refractivity contribution < 1.29 is 9.84 Å². The third kappa shape index (κ3) is 4.08. The number of ether oxygens (including phenoxy) is 1. The van der Waals surface area contributed by atoms with Gasteiger partial charge in [-0.05, 0) is 62.2 Å². The number of likely N-dealkylation sites (tertiary alicyclic amines) is 1. The van der Waals surface area contributed by atoms with Gasteiger partial charge in [0.25, 0.3) is 0 Å². The van der Waals surface area contributed by atoms with E-state index in [1.165, 1.54) is 0 Å². The topological polar surface area (TPSA) is 44.7 Å². The van der Waals surface area contributed by atoms with Crippen LogP contribution in [0.4, 0.5) is 5.69 Å². The molecule has 1 heterocycles. The van der Waals surface area contributed by atoms with Gasteiger partial charge in [0.15, 0.2) is 5.11 Å². The number of nitrogens with zero attached hydrogens (tertiary/aromatic N) is 1. The number of nitrogens with one attached hydrogen (secondary N) is 1. The predicted molar refractivity (Wildman–Crippen MR) is 85.2 cm³/mol. The van der Waals surface area contributed by atoms with E-state index >= 15 is 0 Å². The lowest BCUT2D eigenvalue weighted by molar-refractivity contribution is 0.162. The van der Waals surface area contributed by atoms with Crippen LogP contribution in [0.3, 0.4) is 0 Å². The lowest BCUT2D eigenvalue weighted by Crippen LogP contribution is -2.43. The minimum atomic E-state index is 0.238. The normalized spacial score (nSPS) is 18.7. The Morgan fingerprint density at radius 1 is 1.45 bits per heavy atom. The Morgan fingerprint density at radius 3 is 2.85 bits per heavy atom. The van der Waals surface area contributed by atoms with Crippen molar-refractivity contribution in [1.29, 1.82) is 0 Å². The van der Waals surface area contributed by atoms with Gasteiger partial charge in [0.2, 0.25) is 0 Å². The number of piperidine rings is 1. The highest BCUT2D eigenvalue weighted by Gasteiger charge is 2.20. The maximum atomic E-state index is 9.26. The standard InChI is InChI=1S/C15H22N2O2S/c1-2-19-14-7-5-13(6-8-14)16-15(20)17-9-3-4-12(10-17)11-18/h5-8,12,18H,2-4,9-11H2,1H3,(H,16,20)/t12-/m1/s1. The Kier molecular flexibility index (Phi) is 5.61. The first-order valence-electron chi connectivity index (χ1n) is 7.12. The molecule has 1 atom stereocenters. The summed E-state index contributed by atoms with van der Waals surface area (Å²) in [5.41, 5.74) is 0.963. The average Bonchev–Trinajstić information content (AvgIpc) is 2.49. The summed E-state index contributed by atoms with van der Waals surface area (Å²) in [5, 5.41) is 13.2. The van der Waals surface area contributed by atoms with Crippen LogP contribution in [0, 0.1) is 5.92 Å². The number of rotatable bonds is 4. The molecule has 5 heteroatoms. The molecule has 0 bridgehead atoms. The third-order valence-electron chi connectivity index (χ3n) is 3.48. The second-order valence-electron chi connectivity index (χ2n) is 5.02. The summed E-state index contributed by atoms with van der Waals surface area (Å²) in [6, 6.07) is 7.79. The van der Waals surface area contributed by atoms with E-state index in [2.05, 4.69) is 10.2 Å². The molecule has 1 aliphatic rings. The molecule has 0 radical (unpaired) electrons. The zero-order valence-corrected chi connectivity index (χ0v) is 12.7. The Morgan fingerprint density at radius 2 is 2.20 bits per heavy atom. The molecule has 0 aliphatic carbocycles. The fourth-order valence-electron chi connectivity index (χ4n) is 2.40. The maximum Gasteiger partial charge on any atom is 0.173 e. The van der Waals surface area contributed by atoms with E-state index in [0.717, 1.165) is 42.5 Å². The first-order chi connectivity index (χ1) is 9.72. The van der Waals surface area contributed by atoms with Gasteiger partial charge in [-0.3, -0.25) is 0 Å². The van der Waals surface area contributed by atoms with Gasteiger partial charge < -0.3 is 20.1 Å². The lowest BCUT2D eigenvalue weighted by Gasteiger charge is -2.33. The number of aliphatic hydroxyl groups is 1. The van der Waals surface area contributed by atoms with E-state index in [-0.39, 0.29) is 6.61 Å². The predicted octanol–water partition coefficient (Wildman–Crippen LogP) is 2.49. The zero-order chi connectivity index (χ0) is 14.4. The Hall–Kier alpha value is -1.33. The maximum absolute atomic E-state index is 9.26. The first kappa shape index (κ1) is 15.1. The van der Waals surface area contributed by atoms with E-state index in [4.69, 9.17) is 17.0 Å². The van der Waals surface area contributed by atoms with Crippen LogP contribution in [0.5, 0.6) is 5.75 Å². The summed E-state index contributed by atoms with van der Waals surface area (Å²) in [7, 11) is 0. The van der Waals surface area contributed by atoms with E-state index in [9.17, 15) is 5.11 Å². The molecule has 0 unspecified atom stereocenters. The van der Waals surface area contributed by atoms with Gasteiger partial charge in [0.1, 0.15) is 5.75 Å². The molecule has 0 amide bonds. The minimum Gasteiger partial charge on any atom is -0.494 e. The van der Waals surface area contributed by atoms with Crippen molar-refractivity contribution in [3.05, 3.63) is 24.3 Å². The molecule has 1 aromatic carbocycles. The summed E-state index contributed by atoms with van der Waals surface area (Å²) in [6.45, 7) is 4.66. The highest BCUT2D eigenvalue weighted by Crippen LogP contribution is 2.19. The van der Waals surface area contributed by atoms with Crippen LogP contribution in [0.1, 0.15) is 19.8 Å². The first-order valence-corrected chi connectivity index (χ1v) is 7.53. The molecular weight excluding hydrogens is 272 g/mol. The Balaban J connectivity index is 1.90. The second-order valence-corrected chi connectivity index (χ2v) is 5.41. The molecule has 20 heavy (non-hydrogen) atoms. The van der Waals surface area contributed by atoms with Gasteiger partial charge in [-0.1, -0.05) is 0 Å². The molecule has 0 saturated carbocycles. The summed E-state index contributed by atoms with van der Waals surface area (Å²) in [5.74, 6) is 1.20. The largest absolute Gasteiger partial charge is 0.494 e. The third-order valence-corrected chi connectivity index (χ3v) is 3.84. The van der Waals surface area contributed by atoms with Gasteiger partial charge in [-0.2, -0.15) is 0 Å². The number of aliphatic hydroxyl groups excluding tert-OH is 1. The monoisotopic (exact) mass is 294 g/mol. The molecule has 1 aromatic rings. The minimum absolute atomic E-state index is 0.238. The SMILES string of the molecule is CCOc1ccc(NC(=S)N2CCC[C@@H](CO)C2)cc1. The van der Waals surface area contributed by atoms with Crippen molar-refractivity contribution in [2.45, 2.75) is 19.8 Å². The fourth-order valence-corrected chi connectivity index (χ4v) is 2.69. The van der Waals surface area contributed by atoms with E-state index in [1.54, 1.807) is 0 Å². The van der Waals surface area contributed by atoms with Crippen molar-refractivity contribution in [3.63, 3.8) is 0 Å². The molecule has 110 valence electrons. The van der Waals surface area contributed by atoms with Crippen LogP contribution < -0.4 is 10.1 Å². The highest BCUT2D eigenvalue weighted by molar-refractivity contribution is 7.80. The van der Waals surface area contributed by atoms with Crippen LogP contribution in [-0.2, 0) is 0 Å². The van der Waals surface area contributed by atoms with Crippen molar-refractivity contribution in [2.75, 3.05) is 31.6 Å². The number of anilines is 1. The summed E-state index contributed by atoms with van der Waals surface area (Å²) < 4.78 is 5.41. The second kappa shape index (κ2) is 7.45. The van der Waals surface area contributed by atoms with Crippen molar-refractivity contribution in [3.8, 4) is 5.75 Å². The van der Waals surface area contributed by atoms with E-state index in [1.807, 2.05) is 31.2 Å². The van der Waals surface area contributed by atoms with Crippen molar-refractivity contribution in [1.82, 2.24) is 4.90 Å². The number of hydrogen-bond donors (Lipinski definition) is 2. The zero-order valence-electron chi connectivity index (χ0n) is 11.8. The van der Waals surface area contributed by atoms with Crippen LogP contribution in [-0.4, -0.2) is 41.4 Å². The molecule has 1 aliphatic heterocycles. The van der Waals surface area contributed by atoms with Gasteiger partial charge >= 0.3 is 0 Å².